The number of carboxylic acid groups (broad SMARTS) is 1. The Kier molecular flexibility index (Phi) is 4.07. The maximum Gasteiger partial charge on any atom is 0.335 e. The maximum atomic E-state index is 11.4. The number of rotatable bonds is 4. The minimum Gasteiger partial charge on any atom is -0.490 e. The molecular formula is C20H18N2O5. The number of fused-ring (bicyclic) bond motifs is 3. The van der Waals surface area contributed by atoms with E-state index in [1.165, 1.54) is 7.11 Å². The molecule has 7 nitrogen and oxygen atoms in total. The fourth-order valence-electron chi connectivity index (χ4n) is 4.10. The predicted octanol–water partition coefficient (Wildman–Crippen LogP) is 4.13. The van der Waals surface area contributed by atoms with Gasteiger partial charge in [-0.3, -0.25) is 10.1 Å². The number of carboxylic acids is 1. The summed E-state index contributed by atoms with van der Waals surface area (Å²) in [7, 11) is 1.41. The lowest BCUT2D eigenvalue weighted by Crippen LogP contribution is -2.29. The smallest absolute Gasteiger partial charge is 0.335 e. The standard InChI is InChI=1S/C20H18N2O5/c1-27-18-8-6-11(10-17(18)22(25)26)19-14-4-2-3-13(14)15-9-12(20(23)24)5-7-16(15)21-19/h2-3,5-10,13-14,19,21H,4H2,1H3,(H,23,24)/t13-,14+,19+/m0/s1. The van der Waals surface area contributed by atoms with Gasteiger partial charge in [0.2, 0.25) is 0 Å². The first kappa shape index (κ1) is 17.1. The van der Waals surface area contributed by atoms with Gasteiger partial charge in [0.1, 0.15) is 0 Å². The number of anilines is 1. The predicted molar refractivity (Wildman–Crippen MR) is 99.4 cm³/mol. The number of methoxy groups -OCH3 is 1. The van der Waals surface area contributed by atoms with Gasteiger partial charge in [0.05, 0.1) is 23.6 Å². The van der Waals surface area contributed by atoms with Crippen LogP contribution in [0.1, 0.15) is 39.9 Å². The zero-order chi connectivity index (χ0) is 19.1. The van der Waals surface area contributed by atoms with Gasteiger partial charge in [-0.1, -0.05) is 18.2 Å². The Bertz CT molecular complexity index is 969. The second kappa shape index (κ2) is 6.42. The molecule has 0 radical (unpaired) electrons. The molecule has 2 aliphatic rings. The van der Waals surface area contributed by atoms with Gasteiger partial charge in [-0.15, -0.1) is 0 Å². The van der Waals surface area contributed by atoms with E-state index in [0.29, 0.717) is 0 Å². The molecule has 2 N–H and O–H groups in total. The number of hydrogen-bond acceptors (Lipinski definition) is 5. The number of ether oxygens (including phenoxy) is 1. The zero-order valence-corrected chi connectivity index (χ0v) is 14.6. The second-order valence-corrected chi connectivity index (χ2v) is 6.77. The molecule has 138 valence electrons. The van der Waals surface area contributed by atoms with Crippen LogP contribution >= 0.6 is 0 Å². The Morgan fingerprint density at radius 1 is 1.30 bits per heavy atom. The lowest BCUT2D eigenvalue weighted by atomic mass is 9.76. The maximum absolute atomic E-state index is 11.4. The first-order valence-corrected chi connectivity index (χ1v) is 8.62. The van der Waals surface area contributed by atoms with E-state index in [0.717, 1.165) is 23.2 Å². The second-order valence-electron chi connectivity index (χ2n) is 6.77. The summed E-state index contributed by atoms with van der Waals surface area (Å²) < 4.78 is 5.10. The van der Waals surface area contributed by atoms with Gasteiger partial charge in [0.25, 0.3) is 0 Å². The highest BCUT2D eigenvalue weighted by atomic mass is 16.6. The monoisotopic (exact) mass is 366 g/mol. The molecule has 2 aromatic carbocycles. The summed E-state index contributed by atoms with van der Waals surface area (Å²) in [6.45, 7) is 0. The van der Waals surface area contributed by atoms with Crippen LogP contribution in [0.15, 0.2) is 48.6 Å². The molecule has 0 amide bonds. The van der Waals surface area contributed by atoms with Crippen LogP contribution in [0.2, 0.25) is 0 Å². The van der Waals surface area contributed by atoms with Crippen molar-refractivity contribution >= 4 is 17.3 Å². The third-order valence-electron chi connectivity index (χ3n) is 5.37. The number of nitrogens with one attached hydrogen (secondary N) is 1. The third kappa shape index (κ3) is 2.81. The average molecular weight is 366 g/mol. The molecule has 0 aromatic heterocycles. The Hall–Kier alpha value is -3.35. The molecule has 0 unspecified atom stereocenters. The van der Waals surface area contributed by atoms with Crippen LogP contribution in [0.25, 0.3) is 0 Å². The van der Waals surface area contributed by atoms with E-state index in [2.05, 4.69) is 17.5 Å². The van der Waals surface area contributed by atoms with Crippen molar-refractivity contribution in [2.24, 2.45) is 5.92 Å². The van der Waals surface area contributed by atoms with Crippen LogP contribution < -0.4 is 10.1 Å². The fraction of sp³-hybridized carbons (Fsp3) is 0.250. The molecule has 0 spiro atoms. The van der Waals surface area contributed by atoms with E-state index in [1.54, 1.807) is 30.3 Å². The van der Waals surface area contributed by atoms with E-state index in [1.807, 2.05) is 6.07 Å². The van der Waals surface area contributed by atoms with E-state index in [-0.39, 0.29) is 34.9 Å². The van der Waals surface area contributed by atoms with Crippen molar-refractivity contribution in [3.63, 3.8) is 0 Å². The van der Waals surface area contributed by atoms with E-state index >= 15 is 0 Å². The van der Waals surface area contributed by atoms with Gasteiger partial charge < -0.3 is 15.2 Å². The summed E-state index contributed by atoms with van der Waals surface area (Å²) >= 11 is 0. The summed E-state index contributed by atoms with van der Waals surface area (Å²) in [5.74, 6) is -0.488. The first-order chi connectivity index (χ1) is 13.0. The van der Waals surface area contributed by atoms with Gasteiger partial charge >= 0.3 is 11.7 Å². The Morgan fingerprint density at radius 2 is 2.11 bits per heavy atom. The van der Waals surface area contributed by atoms with Crippen molar-refractivity contribution < 1.29 is 19.6 Å². The largest absolute Gasteiger partial charge is 0.490 e. The summed E-state index contributed by atoms with van der Waals surface area (Å²) in [6, 6.07) is 9.96. The van der Waals surface area contributed by atoms with Gasteiger partial charge in [0.15, 0.2) is 5.75 Å². The van der Waals surface area contributed by atoms with Crippen LogP contribution in [0.5, 0.6) is 5.75 Å². The van der Waals surface area contributed by atoms with Crippen molar-refractivity contribution in [3.8, 4) is 5.75 Å². The van der Waals surface area contributed by atoms with Crippen molar-refractivity contribution in [1.29, 1.82) is 0 Å². The van der Waals surface area contributed by atoms with Crippen LogP contribution in [0, 0.1) is 16.0 Å². The number of carbonyl (C=O) groups is 1. The normalized spacial score (nSPS) is 22.5. The van der Waals surface area contributed by atoms with Gasteiger partial charge in [-0.05, 0) is 47.7 Å². The lowest BCUT2D eigenvalue weighted by Gasteiger charge is -2.37. The number of hydrogen-bond donors (Lipinski definition) is 2. The minimum absolute atomic E-state index is 0.0636. The SMILES string of the molecule is COc1ccc([C@H]2Nc3ccc(C(=O)O)cc3[C@H]3C=CC[C@H]32)cc1[N+](=O)[O-]. The Labute approximate surface area is 155 Å². The van der Waals surface area contributed by atoms with Crippen LogP contribution in [-0.2, 0) is 0 Å². The molecule has 0 bridgehead atoms. The van der Waals surface area contributed by atoms with E-state index in [9.17, 15) is 20.0 Å². The number of benzene rings is 2. The highest BCUT2D eigenvalue weighted by Gasteiger charge is 2.38. The topological polar surface area (TPSA) is 102 Å². The number of nitro benzene ring substituents is 1. The molecule has 3 atom stereocenters. The van der Waals surface area contributed by atoms with Crippen LogP contribution in [0.3, 0.4) is 0 Å². The molecule has 27 heavy (non-hydrogen) atoms. The molecule has 7 heteroatoms. The van der Waals surface area contributed by atoms with E-state index < -0.39 is 10.9 Å². The van der Waals surface area contributed by atoms with Gasteiger partial charge in [0, 0.05) is 17.7 Å². The molecule has 1 aliphatic heterocycles. The molecule has 0 saturated heterocycles. The number of allylic oxidation sites excluding steroid dienone is 2. The molecule has 2 aromatic rings. The summed E-state index contributed by atoms with van der Waals surface area (Å²) in [4.78, 5) is 22.3. The third-order valence-corrected chi connectivity index (χ3v) is 5.37. The number of nitro groups is 1. The van der Waals surface area contributed by atoms with Crippen molar-refractivity contribution in [3.05, 3.63) is 75.4 Å². The zero-order valence-electron chi connectivity index (χ0n) is 14.6. The molecule has 1 heterocycles. The molecular weight excluding hydrogens is 348 g/mol. The Morgan fingerprint density at radius 3 is 2.81 bits per heavy atom. The molecule has 0 saturated carbocycles. The van der Waals surface area contributed by atoms with Gasteiger partial charge in [-0.25, -0.2) is 4.79 Å². The summed E-state index contributed by atoms with van der Waals surface area (Å²) in [6.07, 6.45) is 5.00. The summed E-state index contributed by atoms with van der Waals surface area (Å²) in [5, 5.41) is 24.1. The minimum atomic E-state index is -0.954. The lowest BCUT2D eigenvalue weighted by molar-refractivity contribution is -0.385. The van der Waals surface area contributed by atoms with Crippen molar-refractivity contribution in [1.82, 2.24) is 0 Å². The molecule has 0 fully saturated rings. The summed E-state index contributed by atoms with van der Waals surface area (Å²) in [5.41, 5.74) is 2.82. The number of nitrogens with zero attached hydrogens (tertiary/aromatic N) is 1. The highest BCUT2D eigenvalue weighted by Crippen LogP contribution is 2.50. The highest BCUT2D eigenvalue weighted by molar-refractivity contribution is 5.89. The van der Waals surface area contributed by atoms with Crippen LogP contribution in [-0.4, -0.2) is 23.1 Å². The van der Waals surface area contributed by atoms with Crippen molar-refractivity contribution in [2.45, 2.75) is 18.4 Å². The van der Waals surface area contributed by atoms with Gasteiger partial charge in [-0.2, -0.15) is 0 Å². The molecule has 4 rings (SSSR count). The number of aromatic carboxylic acids is 1. The Balaban J connectivity index is 1.77. The van der Waals surface area contributed by atoms with Crippen LogP contribution in [0.4, 0.5) is 11.4 Å². The quantitative estimate of drug-likeness (QED) is 0.479. The first-order valence-electron chi connectivity index (χ1n) is 8.62. The molecule has 1 aliphatic carbocycles. The van der Waals surface area contributed by atoms with Crippen molar-refractivity contribution in [2.75, 3.05) is 12.4 Å². The average Bonchev–Trinajstić information content (AvgIpc) is 3.16. The van der Waals surface area contributed by atoms with E-state index in [4.69, 9.17) is 4.74 Å². The fourth-order valence-corrected chi connectivity index (χ4v) is 4.10.